The number of aryl methyl sites for hydroxylation is 2. The van der Waals surface area contributed by atoms with Crippen molar-refractivity contribution in [2.45, 2.75) is 64.5 Å². The Hall–Kier alpha value is -6.12. The number of aromatic nitrogens is 4. The number of carbonyl (C=O) groups excluding carboxylic acids is 4. The molecule has 2 atom stereocenters. The molecule has 2 unspecified atom stereocenters. The lowest BCUT2D eigenvalue weighted by Gasteiger charge is -2.17. The van der Waals surface area contributed by atoms with Gasteiger partial charge in [0.2, 0.25) is 22.1 Å². The highest BCUT2D eigenvalue weighted by molar-refractivity contribution is 7.15. The normalized spacial score (nSPS) is 14.4. The van der Waals surface area contributed by atoms with Crippen LogP contribution in [-0.4, -0.2) is 44.0 Å². The third-order valence-electron chi connectivity index (χ3n) is 10.3. The molecule has 0 bridgehead atoms. The van der Waals surface area contributed by atoms with E-state index < -0.39 is 11.8 Å². The van der Waals surface area contributed by atoms with Gasteiger partial charge >= 0.3 is 0 Å². The molecule has 0 radical (unpaired) electrons. The number of nitrogens with one attached hydrogen (secondary N) is 2. The molecule has 12 nitrogen and oxygen atoms in total. The first-order chi connectivity index (χ1) is 27.2. The molecule has 0 saturated heterocycles. The van der Waals surface area contributed by atoms with Gasteiger partial charge in [0.25, 0.3) is 11.8 Å². The molecule has 14 heteroatoms. The van der Waals surface area contributed by atoms with Crippen LogP contribution in [0.4, 0.5) is 21.6 Å². The van der Waals surface area contributed by atoms with Crippen LogP contribution < -0.4 is 20.4 Å². The summed E-state index contributed by atoms with van der Waals surface area (Å²) in [6.07, 6.45) is 3.11. The van der Waals surface area contributed by atoms with Crippen molar-refractivity contribution in [3.8, 4) is 0 Å². The van der Waals surface area contributed by atoms with Crippen LogP contribution in [-0.2, 0) is 35.5 Å². The van der Waals surface area contributed by atoms with E-state index in [0.29, 0.717) is 36.2 Å². The van der Waals surface area contributed by atoms with E-state index in [2.05, 4.69) is 31.0 Å². The van der Waals surface area contributed by atoms with Crippen LogP contribution in [0.2, 0.25) is 0 Å². The maximum absolute atomic E-state index is 13.1. The average Bonchev–Trinajstić information content (AvgIpc) is 4.02. The summed E-state index contributed by atoms with van der Waals surface area (Å²) in [5.41, 5.74) is 6.74. The van der Waals surface area contributed by atoms with Crippen molar-refractivity contribution in [3.63, 3.8) is 0 Å². The Morgan fingerprint density at radius 1 is 0.589 bits per heavy atom. The predicted octanol–water partition coefficient (Wildman–Crippen LogP) is 7.76. The van der Waals surface area contributed by atoms with Crippen molar-refractivity contribution in [1.29, 1.82) is 0 Å². The molecule has 2 N–H and O–H groups in total. The fourth-order valence-electron chi connectivity index (χ4n) is 6.90. The Bertz CT molecular complexity index is 2260. The molecule has 4 aromatic carbocycles. The van der Waals surface area contributed by atoms with Crippen LogP contribution in [0.1, 0.15) is 91.5 Å². The molecule has 0 fully saturated rings. The van der Waals surface area contributed by atoms with Crippen molar-refractivity contribution in [2.75, 3.05) is 20.4 Å². The van der Waals surface area contributed by atoms with E-state index in [1.165, 1.54) is 22.7 Å². The van der Waals surface area contributed by atoms with Gasteiger partial charge in [-0.1, -0.05) is 83.3 Å². The molecule has 6 aromatic rings. The number of anilines is 4. The van der Waals surface area contributed by atoms with E-state index in [9.17, 15) is 19.2 Å². The molecule has 56 heavy (non-hydrogen) atoms. The van der Waals surface area contributed by atoms with Gasteiger partial charge in [0, 0.05) is 35.3 Å². The topological polar surface area (TPSA) is 150 Å². The number of hydrogen-bond donors (Lipinski definition) is 2. The quantitative estimate of drug-likeness (QED) is 0.113. The van der Waals surface area contributed by atoms with Crippen molar-refractivity contribution >= 4 is 67.9 Å². The van der Waals surface area contributed by atoms with Gasteiger partial charge in [-0.15, -0.1) is 20.4 Å². The first kappa shape index (κ1) is 36.8. The molecule has 4 amide bonds. The maximum Gasteiger partial charge on any atom is 0.258 e. The first-order valence-electron chi connectivity index (χ1n) is 18.5. The number of benzene rings is 4. The minimum absolute atomic E-state index is 0.0164. The van der Waals surface area contributed by atoms with Gasteiger partial charge in [-0.2, -0.15) is 0 Å². The summed E-state index contributed by atoms with van der Waals surface area (Å²) in [7, 11) is 0. The molecule has 0 aliphatic carbocycles. The molecule has 2 aliphatic heterocycles. The van der Waals surface area contributed by atoms with Crippen LogP contribution >= 0.6 is 22.7 Å². The number of carbonyl (C=O) groups is 4. The van der Waals surface area contributed by atoms with Gasteiger partial charge < -0.3 is 20.4 Å². The molecule has 282 valence electrons. The fourth-order valence-corrected chi connectivity index (χ4v) is 8.47. The zero-order valence-corrected chi connectivity index (χ0v) is 32.4. The highest BCUT2D eigenvalue weighted by atomic mass is 32.1. The van der Waals surface area contributed by atoms with Gasteiger partial charge in [0.1, 0.15) is 10.0 Å². The monoisotopic (exact) mass is 782 g/mol. The highest BCUT2D eigenvalue weighted by Gasteiger charge is 2.29. The third-order valence-corrected chi connectivity index (χ3v) is 12.1. The lowest BCUT2D eigenvalue weighted by atomic mass is 10.00. The van der Waals surface area contributed by atoms with E-state index in [1.807, 2.05) is 111 Å². The molecule has 2 aliphatic rings. The number of hydrogen-bond acceptors (Lipinski definition) is 10. The summed E-state index contributed by atoms with van der Waals surface area (Å²) in [6.45, 7) is 4.75. The lowest BCUT2D eigenvalue weighted by Crippen LogP contribution is -2.23. The Balaban J connectivity index is 0.759. The third kappa shape index (κ3) is 7.70. The smallest absolute Gasteiger partial charge is 0.258 e. The minimum atomic E-state index is -0.425. The molecule has 2 aromatic heterocycles. The zero-order chi connectivity index (χ0) is 38.8. The van der Waals surface area contributed by atoms with Crippen molar-refractivity contribution in [1.82, 2.24) is 20.4 Å². The molecule has 0 saturated carbocycles. The van der Waals surface area contributed by atoms with Gasteiger partial charge in [-0.3, -0.25) is 19.2 Å². The predicted molar refractivity (Wildman–Crippen MR) is 217 cm³/mol. The van der Waals surface area contributed by atoms with E-state index in [4.69, 9.17) is 0 Å². The van der Waals surface area contributed by atoms with Crippen LogP contribution in [0, 0.1) is 0 Å². The van der Waals surface area contributed by atoms with E-state index in [1.54, 1.807) is 9.80 Å². The van der Waals surface area contributed by atoms with Gasteiger partial charge in [-0.25, -0.2) is 0 Å². The summed E-state index contributed by atoms with van der Waals surface area (Å²) < 4.78 is 0. The second kappa shape index (κ2) is 15.9. The van der Waals surface area contributed by atoms with E-state index in [0.717, 1.165) is 67.6 Å². The number of nitrogens with zero attached hydrogens (tertiary/aromatic N) is 6. The summed E-state index contributed by atoms with van der Waals surface area (Å²) in [5, 5.41) is 25.3. The Morgan fingerprint density at radius 3 is 1.38 bits per heavy atom. The summed E-state index contributed by atoms with van der Waals surface area (Å²) >= 11 is 2.72. The standard InChI is InChI=1S/C42H38N8O4S2/c1-25(27-15-19-31(20-16-27)49-23-29-9-3-5-11-33(29)39(49)53)37(51)43-41-47-45-35(55-41)13-7-8-14-36-46-48-42(56-36)44-38(52)26(2)28-17-21-32(22-18-28)50-24-30-10-4-6-12-34(30)40(50)54/h3-6,9-12,15-22,25-26H,7-8,13-14,23-24H2,1-2H3,(H,43,47,51)(H,44,48,52). The van der Waals surface area contributed by atoms with Crippen LogP contribution in [0.25, 0.3) is 0 Å². The van der Waals surface area contributed by atoms with Gasteiger partial charge in [-0.05, 0) is 85.3 Å². The van der Waals surface area contributed by atoms with Crippen LogP contribution in [0.5, 0.6) is 0 Å². The number of amides is 4. The summed E-state index contributed by atoms with van der Waals surface area (Å²) in [4.78, 5) is 55.3. The van der Waals surface area contributed by atoms with E-state index in [-0.39, 0.29) is 23.6 Å². The minimum Gasteiger partial charge on any atom is -0.304 e. The summed E-state index contributed by atoms with van der Waals surface area (Å²) in [5.74, 6) is -1.25. The zero-order valence-electron chi connectivity index (χ0n) is 30.8. The second-order valence-electron chi connectivity index (χ2n) is 13.9. The Morgan fingerprint density at radius 2 is 0.982 bits per heavy atom. The second-order valence-corrected chi connectivity index (χ2v) is 16.0. The average molecular weight is 783 g/mol. The van der Waals surface area contributed by atoms with E-state index >= 15 is 0 Å². The number of fused-ring (bicyclic) bond motifs is 2. The molecule has 4 heterocycles. The molecular formula is C42H38N8O4S2. The lowest BCUT2D eigenvalue weighted by molar-refractivity contribution is -0.118. The Kier molecular flexibility index (Phi) is 10.5. The van der Waals surface area contributed by atoms with Crippen LogP contribution in [0.3, 0.4) is 0 Å². The van der Waals surface area contributed by atoms with Crippen molar-refractivity contribution in [3.05, 3.63) is 140 Å². The van der Waals surface area contributed by atoms with Gasteiger partial charge in [0.15, 0.2) is 0 Å². The molecular weight excluding hydrogens is 745 g/mol. The molecule has 0 spiro atoms. The Labute approximate surface area is 331 Å². The SMILES string of the molecule is CC(C(=O)Nc1nnc(CCCCc2nnc(NC(=O)C(C)c3ccc(N4Cc5ccccc5C4=O)cc3)s2)s1)c1ccc(N2Cc3ccccc3C2=O)cc1. The fraction of sp³-hybridized carbons (Fsp3) is 0.238. The van der Waals surface area contributed by atoms with Crippen molar-refractivity contribution < 1.29 is 19.2 Å². The maximum atomic E-state index is 13.1. The number of rotatable bonds is 13. The van der Waals surface area contributed by atoms with Crippen LogP contribution in [0.15, 0.2) is 97.1 Å². The molecule has 8 rings (SSSR count). The van der Waals surface area contributed by atoms with Gasteiger partial charge in [0.05, 0.1) is 24.9 Å². The summed E-state index contributed by atoms with van der Waals surface area (Å²) in [6, 6.07) is 30.3. The largest absolute Gasteiger partial charge is 0.304 e. The number of unbranched alkanes of at least 4 members (excludes halogenated alkanes) is 1. The highest BCUT2D eigenvalue weighted by Crippen LogP contribution is 2.32. The first-order valence-corrected chi connectivity index (χ1v) is 20.1. The van der Waals surface area contributed by atoms with Crippen molar-refractivity contribution in [2.24, 2.45) is 0 Å².